The number of hydrogen-bond donors (Lipinski definition) is 2. The summed E-state index contributed by atoms with van der Waals surface area (Å²) in [5, 5.41) is 8.69. The van der Waals surface area contributed by atoms with Crippen LogP contribution in [0, 0.1) is 6.92 Å². The first kappa shape index (κ1) is 15.1. The Kier molecular flexibility index (Phi) is 4.28. The molecule has 0 spiro atoms. The molecule has 2 aromatic rings. The molecule has 0 unspecified atom stereocenters. The van der Waals surface area contributed by atoms with Crippen LogP contribution in [0.25, 0.3) is 0 Å². The topological polar surface area (TPSA) is 83.5 Å². The van der Waals surface area contributed by atoms with E-state index in [1.165, 1.54) is 24.3 Å². The zero-order valence-corrected chi connectivity index (χ0v) is 12.2. The second kappa shape index (κ2) is 5.97. The van der Waals surface area contributed by atoms with Crippen LogP contribution < -0.4 is 4.72 Å². The Morgan fingerprint density at radius 1 is 1.10 bits per heavy atom. The Morgan fingerprint density at radius 2 is 1.71 bits per heavy atom. The molecule has 0 heterocycles. The zero-order valence-electron chi connectivity index (χ0n) is 11.4. The van der Waals surface area contributed by atoms with Gasteiger partial charge in [-0.1, -0.05) is 30.3 Å². The molecule has 0 atom stereocenters. The highest BCUT2D eigenvalue weighted by atomic mass is 32.2. The summed E-state index contributed by atoms with van der Waals surface area (Å²) in [5.74, 6) is -0.955. The van der Waals surface area contributed by atoms with Crippen molar-refractivity contribution in [1.82, 2.24) is 0 Å². The highest BCUT2D eigenvalue weighted by molar-refractivity contribution is 7.92. The highest BCUT2D eigenvalue weighted by Crippen LogP contribution is 2.19. The van der Waals surface area contributed by atoms with Gasteiger partial charge in [-0.25, -0.2) is 8.42 Å². The molecule has 0 aromatic heterocycles. The minimum Gasteiger partial charge on any atom is -0.481 e. The van der Waals surface area contributed by atoms with Gasteiger partial charge in [0, 0.05) is 0 Å². The number of carbonyl (C=O) groups is 1. The monoisotopic (exact) mass is 305 g/mol. The molecule has 2 aromatic carbocycles. The molecule has 0 bridgehead atoms. The van der Waals surface area contributed by atoms with E-state index in [1.807, 2.05) is 19.1 Å². The first-order valence-electron chi connectivity index (χ1n) is 6.28. The van der Waals surface area contributed by atoms with E-state index >= 15 is 0 Å². The van der Waals surface area contributed by atoms with Gasteiger partial charge in [0.05, 0.1) is 17.0 Å². The third-order valence-electron chi connectivity index (χ3n) is 2.98. The second-order valence-corrected chi connectivity index (χ2v) is 6.32. The van der Waals surface area contributed by atoms with E-state index in [-0.39, 0.29) is 11.3 Å². The average Bonchev–Trinajstić information content (AvgIpc) is 2.41. The van der Waals surface area contributed by atoms with Crippen molar-refractivity contribution in [3.8, 4) is 0 Å². The molecule has 0 saturated heterocycles. The van der Waals surface area contributed by atoms with Gasteiger partial charge >= 0.3 is 5.97 Å². The van der Waals surface area contributed by atoms with Gasteiger partial charge in [0.1, 0.15) is 0 Å². The summed E-state index contributed by atoms with van der Waals surface area (Å²) >= 11 is 0. The molecule has 0 aliphatic heterocycles. The fourth-order valence-corrected chi connectivity index (χ4v) is 2.98. The molecule has 0 aliphatic rings. The first-order valence-corrected chi connectivity index (χ1v) is 7.76. The van der Waals surface area contributed by atoms with Gasteiger partial charge in [0.15, 0.2) is 0 Å². The molecule has 0 fully saturated rings. The number of para-hydroxylation sites is 1. The van der Waals surface area contributed by atoms with Crippen LogP contribution >= 0.6 is 0 Å². The molecule has 0 saturated carbocycles. The average molecular weight is 305 g/mol. The van der Waals surface area contributed by atoms with E-state index in [4.69, 9.17) is 5.11 Å². The van der Waals surface area contributed by atoms with Crippen LogP contribution in [0.5, 0.6) is 0 Å². The maximum absolute atomic E-state index is 12.3. The Labute approximate surface area is 123 Å². The van der Waals surface area contributed by atoms with Crippen molar-refractivity contribution in [2.75, 3.05) is 4.72 Å². The molecule has 0 aliphatic carbocycles. The third kappa shape index (κ3) is 3.82. The maximum atomic E-state index is 12.3. The minimum absolute atomic E-state index is 0.0971. The Bertz CT molecular complexity index is 751. The molecule has 6 heteroatoms. The quantitative estimate of drug-likeness (QED) is 0.888. The number of sulfonamides is 1. The summed E-state index contributed by atoms with van der Waals surface area (Å²) in [6, 6.07) is 12.9. The van der Waals surface area contributed by atoms with Crippen LogP contribution in [0.15, 0.2) is 53.4 Å². The van der Waals surface area contributed by atoms with Crippen molar-refractivity contribution >= 4 is 21.7 Å². The number of anilines is 1. The van der Waals surface area contributed by atoms with E-state index in [0.717, 1.165) is 5.56 Å². The van der Waals surface area contributed by atoms with Gasteiger partial charge < -0.3 is 5.11 Å². The summed E-state index contributed by atoms with van der Waals surface area (Å²) in [7, 11) is -3.68. The van der Waals surface area contributed by atoms with Crippen LogP contribution in [0.1, 0.15) is 11.1 Å². The molecule has 110 valence electrons. The van der Waals surface area contributed by atoms with Gasteiger partial charge in [-0.2, -0.15) is 0 Å². The first-order chi connectivity index (χ1) is 9.88. The smallest absolute Gasteiger partial charge is 0.307 e. The van der Waals surface area contributed by atoms with Gasteiger partial charge in [-0.15, -0.1) is 0 Å². The predicted molar refractivity (Wildman–Crippen MR) is 79.8 cm³/mol. The summed E-state index contributed by atoms with van der Waals surface area (Å²) in [5.41, 5.74) is 1.90. The van der Waals surface area contributed by atoms with Crippen molar-refractivity contribution in [2.24, 2.45) is 0 Å². The molecule has 5 nitrogen and oxygen atoms in total. The lowest BCUT2D eigenvalue weighted by atomic mass is 10.2. The normalized spacial score (nSPS) is 11.1. The molecule has 2 rings (SSSR count). The van der Waals surface area contributed by atoms with Crippen molar-refractivity contribution in [3.05, 3.63) is 59.7 Å². The lowest BCUT2D eigenvalue weighted by Gasteiger charge is -2.10. The summed E-state index contributed by atoms with van der Waals surface area (Å²) in [6.45, 7) is 1.81. The molecule has 21 heavy (non-hydrogen) atoms. The number of aliphatic carboxylic acids is 1. The molecular formula is C15H15NO4S. The van der Waals surface area contributed by atoms with Crippen LogP contribution in [0.3, 0.4) is 0 Å². The number of aryl methyl sites for hydroxylation is 1. The van der Waals surface area contributed by atoms with Gasteiger partial charge in [-0.05, 0) is 36.2 Å². The molecular weight excluding hydrogens is 290 g/mol. The Balaban J connectivity index is 2.24. The minimum atomic E-state index is -3.68. The summed E-state index contributed by atoms with van der Waals surface area (Å²) in [4.78, 5) is 10.7. The number of carboxylic acids is 1. The highest BCUT2D eigenvalue weighted by Gasteiger charge is 2.15. The molecule has 2 N–H and O–H groups in total. The lowest BCUT2D eigenvalue weighted by molar-refractivity contribution is -0.136. The van der Waals surface area contributed by atoms with E-state index in [0.29, 0.717) is 11.3 Å². The number of benzene rings is 2. The van der Waals surface area contributed by atoms with Crippen LogP contribution in [-0.4, -0.2) is 19.5 Å². The zero-order chi connectivity index (χ0) is 15.5. The fraction of sp³-hybridized carbons (Fsp3) is 0.133. The Morgan fingerprint density at radius 3 is 2.29 bits per heavy atom. The second-order valence-electron chi connectivity index (χ2n) is 4.63. The van der Waals surface area contributed by atoms with Gasteiger partial charge in [-0.3, -0.25) is 9.52 Å². The van der Waals surface area contributed by atoms with Crippen LogP contribution in [-0.2, 0) is 21.2 Å². The van der Waals surface area contributed by atoms with Crippen LogP contribution in [0.4, 0.5) is 5.69 Å². The molecule has 0 amide bonds. The summed E-state index contributed by atoms with van der Waals surface area (Å²) < 4.78 is 27.0. The van der Waals surface area contributed by atoms with Crippen molar-refractivity contribution < 1.29 is 18.3 Å². The van der Waals surface area contributed by atoms with Crippen molar-refractivity contribution in [1.29, 1.82) is 0 Å². The SMILES string of the molecule is Cc1ccccc1NS(=O)(=O)c1ccc(CC(=O)O)cc1. The van der Waals surface area contributed by atoms with Crippen LogP contribution in [0.2, 0.25) is 0 Å². The number of rotatable bonds is 5. The van der Waals surface area contributed by atoms with Gasteiger partial charge in [0.25, 0.3) is 10.0 Å². The van der Waals surface area contributed by atoms with E-state index in [1.54, 1.807) is 12.1 Å². The van der Waals surface area contributed by atoms with E-state index in [9.17, 15) is 13.2 Å². The molecule has 0 radical (unpaired) electrons. The number of hydrogen-bond acceptors (Lipinski definition) is 3. The standard InChI is InChI=1S/C15H15NO4S/c1-11-4-2-3-5-14(11)16-21(19,20)13-8-6-12(7-9-13)10-15(17)18/h2-9,16H,10H2,1H3,(H,17,18). The number of nitrogens with one attached hydrogen (secondary N) is 1. The third-order valence-corrected chi connectivity index (χ3v) is 4.36. The van der Waals surface area contributed by atoms with Crippen molar-refractivity contribution in [2.45, 2.75) is 18.2 Å². The van der Waals surface area contributed by atoms with E-state index < -0.39 is 16.0 Å². The predicted octanol–water partition coefficient (Wildman–Crippen LogP) is 2.42. The maximum Gasteiger partial charge on any atom is 0.307 e. The summed E-state index contributed by atoms with van der Waals surface area (Å²) in [6.07, 6.45) is -0.133. The van der Waals surface area contributed by atoms with E-state index in [2.05, 4.69) is 4.72 Å². The number of carboxylic acid groups (broad SMARTS) is 1. The van der Waals surface area contributed by atoms with Gasteiger partial charge in [0.2, 0.25) is 0 Å². The fourth-order valence-electron chi connectivity index (χ4n) is 1.85. The Hall–Kier alpha value is -2.34. The van der Waals surface area contributed by atoms with Crippen molar-refractivity contribution in [3.63, 3.8) is 0 Å². The lowest BCUT2D eigenvalue weighted by Crippen LogP contribution is -2.13. The largest absolute Gasteiger partial charge is 0.481 e.